The Hall–Kier alpha value is -2.70. The van der Waals surface area contributed by atoms with Crippen molar-refractivity contribution in [3.05, 3.63) is 45.5 Å². The quantitative estimate of drug-likeness (QED) is 0.602. The number of hydrogen-bond acceptors (Lipinski definition) is 5. The summed E-state index contributed by atoms with van der Waals surface area (Å²) in [6, 6.07) is 4.59. The third-order valence-corrected chi connectivity index (χ3v) is 3.95. The third kappa shape index (κ3) is 5.15. The normalized spacial score (nSPS) is 14.6. The van der Waals surface area contributed by atoms with Gasteiger partial charge in [0.25, 0.3) is 5.69 Å². The minimum Gasteiger partial charge on any atom is -0.444 e. The molecule has 0 saturated heterocycles. The zero-order valence-electron chi connectivity index (χ0n) is 15.6. The van der Waals surface area contributed by atoms with Crippen LogP contribution >= 0.6 is 0 Å². The summed E-state index contributed by atoms with van der Waals surface area (Å²) in [7, 11) is 0. The van der Waals surface area contributed by atoms with Gasteiger partial charge in [0.05, 0.1) is 4.92 Å². The van der Waals surface area contributed by atoms with Crippen LogP contribution in [0.2, 0.25) is 0 Å². The lowest BCUT2D eigenvalue weighted by atomic mass is 9.92. The van der Waals surface area contributed by atoms with Gasteiger partial charge in [0, 0.05) is 31.6 Å². The van der Waals surface area contributed by atoms with E-state index in [0.717, 1.165) is 11.1 Å². The number of amides is 1. The first kappa shape index (κ1) is 19.6. The van der Waals surface area contributed by atoms with E-state index >= 15 is 0 Å². The van der Waals surface area contributed by atoms with E-state index in [-0.39, 0.29) is 24.0 Å². The zero-order chi connectivity index (χ0) is 19.5. The van der Waals surface area contributed by atoms with Crippen LogP contribution in [0.1, 0.15) is 45.2 Å². The fourth-order valence-corrected chi connectivity index (χ4v) is 2.83. The molecule has 0 aliphatic carbocycles. The van der Waals surface area contributed by atoms with Gasteiger partial charge in [0.15, 0.2) is 0 Å². The number of hydrogen-bond donors (Lipinski definition) is 0. The zero-order valence-corrected chi connectivity index (χ0v) is 15.6. The maximum atomic E-state index is 12.1. The molecule has 2 rings (SSSR count). The Morgan fingerprint density at radius 2 is 2.00 bits per heavy atom. The SMILES string of the molecule is CC(=O)Cc1cc([N+](=O)[O-])ccc1C1=CCN(C(=O)OC(C)(C)C)CC1. The molecule has 1 amide bonds. The fourth-order valence-electron chi connectivity index (χ4n) is 2.83. The van der Waals surface area contributed by atoms with E-state index < -0.39 is 10.5 Å². The molecule has 1 aromatic rings. The van der Waals surface area contributed by atoms with Gasteiger partial charge in [-0.05, 0) is 56.9 Å². The molecule has 0 unspecified atom stereocenters. The Kier molecular flexibility index (Phi) is 5.79. The highest BCUT2D eigenvalue weighted by molar-refractivity contribution is 5.82. The number of Topliss-reactive ketones (excluding diaryl/α,β-unsaturated/α-hetero) is 1. The number of carbonyl (C=O) groups is 2. The average Bonchev–Trinajstić information content (AvgIpc) is 2.52. The van der Waals surface area contributed by atoms with Crippen LogP contribution in [0.15, 0.2) is 24.3 Å². The minimum absolute atomic E-state index is 0.0307. The lowest BCUT2D eigenvalue weighted by Crippen LogP contribution is -2.39. The number of nitro groups is 1. The predicted molar refractivity (Wildman–Crippen MR) is 97.9 cm³/mol. The van der Waals surface area contributed by atoms with Gasteiger partial charge >= 0.3 is 6.09 Å². The Morgan fingerprint density at radius 1 is 1.31 bits per heavy atom. The highest BCUT2D eigenvalue weighted by Gasteiger charge is 2.25. The van der Waals surface area contributed by atoms with Crippen molar-refractivity contribution < 1.29 is 19.2 Å². The second-order valence-corrected chi connectivity index (χ2v) is 7.38. The number of ether oxygens (including phenoxy) is 1. The summed E-state index contributed by atoms with van der Waals surface area (Å²) >= 11 is 0. The van der Waals surface area contributed by atoms with Crippen LogP contribution in [-0.4, -0.2) is 40.4 Å². The molecule has 0 bridgehead atoms. The van der Waals surface area contributed by atoms with E-state index in [1.165, 1.54) is 19.1 Å². The lowest BCUT2D eigenvalue weighted by molar-refractivity contribution is -0.384. The highest BCUT2D eigenvalue weighted by atomic mass is 16.6. The molecular weight excluding hydrogens is 336 g/mol. The first-order valence-electron chi connectivity index (χ1n) is 8.51. The van der Waals surface area contributed by atoms with Crippen molar-refractivity contribution in [2.75, 3.05) is 13.1 Å². The number of non-ortho nitro benzene ring substituents is 1. The Morgan fingerprint density at radius 3 is 2.50 bits per heavy atom. The minimum atomic E-state index is -0.548. The predicted octanol–water partition coefficient (Wildman–Crippen LogP) is 3.75. The molecule has 26 heavy (non-hydrogen) atoms. The topological polar surface area (TPSA) is 89.8 Å². The first-order chi connectivity index (χ1) is 12.1. The molecule has 140 valence electrons. The second kappa shape index (κ2) is 7.68. The van der Waals surface area contributed by atoms with Gasteiger partial charge in [-0.15, -0.1) is 0 Å². The summed E-state index contributed by atoms with van der Waals surface area (Å²) in [5.41, 5.74) is 1.87. The first-order valence-corrected chi connectivity index (χ1v) is 8.51. The van der Waals surface area contributed by atoms with Crippen LogP contribution in [0.5, 0.6) is 0 Å². The van der Waals surface area contributed by atoms with E-state index in [9.17, 15) is 19.7 Å². The van der Waals surface area contributed by atoms with Gasteiger partial charge in [0.2, 0.25) is 0 Å². The van der Waals surface area contributed by atoms with Gasteiger partial charge in [0.1, 0.15) is 11.4 Å². The summed E-state index contributed by atoms with van der Waals surface area (Å²) in [6.07, 6.45) is 2.30. The Balaban J connectivity index is 2.22. The number of carbonyl (C=O) groups excluding carboxylic acids is 2. The van der Waals surface area contributed by atoms with Gasteiger partial charge in [-0.3, -0.25) is 14.9 Å². The molecule has 7 heteroatoms. The number of nitrogens with zero attached hydrogens (tertiary/aromatic N) is 2. The summed E-state index contributed by atoms with van der Waals surface area (Å²) in [4.78, 5) is 35.8. The summed E-state index contributed by atoms with van der Waals surface area (Å²) < 4.78 is 5.37. The average molecular weight is 360 g/mol. The van der Waals surface area contributed by atoms with Crippen molar-refractivity contribution in [1.29, 1.82) is 0 Å². The third-order valence-electron chi connectivity index (χ3n) is 3.95. The van der Waals surface area contributed by atoms with E-state index in [1.54, 1.807) is 11.0 Å². The molecule has 0 saturated carbocycles. The van der Waals surface area contributed by atoms with Crippen LogP contribution in [0, 0.1) is 10.1 Å². The molecule has 0 radical (unpaired) electrons. The van der Waals surface area contributed by atoms with Crippen molar-refractivity contribution in [2.45, 2.75) is 46.1 Å². The van der Waals surface area contributed by atoms with Gasteiger partial charge < -0.3 is 9.64 Å². The Labute approximate surface area is 152 Å². The number of benzene rings is 1. The van der Waals surface area contributed by atoms with Crippen LogP contribution in [0.25, 0.3) is 5.57 Å². The number of ketones is 1. The molecule has 0 fully saturated rings. The van der Waals surface area contributed by atoms with Gasteiger partial charge in [-0.1, -0.05) is 6.08 Å². The van der Waals surface area contributed by atoms with Crippen LogP contribution in [-0.2, 0) is 16.0 Å². The van der Waals surface area contributed by atoms with Crippen LogP contribution < -0.4 is 0 Å². The summed E-state index contributed by atoms with van der Waals surface area (Å²) in [5.74, 6) is -0.0569. The molecule has 1 heterocycles. The van der Waals surface area contributed by atoms with E-state index in [4.69, 9.17) is 4.74 Å². The molecule has 0 aromatic heterocycles. The molecule has 0 atom stereocenters. The van der Waals surface area contributed by atoms with Crippen molar-refractivity contribution in [2.24, 2.45) is 0 Å². The molecular formula is C19H24N2O5. The van der Waals surface area contributed by atoms with Crippen molar-refractivity contribution >= 4 is 23.1 Å². The molecule has 0 spiro atoms. The largest absolute Gasteiger partial charge is 0.444 e. The molecule has 1 aliphatic rings. The van der Waals surface area contributed by atoms with Gasteiger partial charge in [-0.2, -0.15) is 0 Å². The van der Waals surface area contributed by atoms with E-state index in [1.807, 2.05) is 26.8 Å². The second-order valence-electron chi connectivity index (χ2n) is 7.38. The monoisotopic (exact) mass is 360 g/mol. The standard InChI is InChI=1S/C19H24N2O5/c1-13(22)11-15-12-16(21(24)25)5-6-17(15)14-7-9-20(10-8-14)18(23)26-19(2,3)4/h5-7,12H,8-11H2,1-4H3. The molecule has 1 aliphatic heterocycles. The fraction of sp³-hybridized carbons (Fsp3) is 0.474. The lowest BCUT2D eigenvalue weighted by Gasteiger charge is -2.30. The van der Waals surface area contributed by atoms with Gasteiger partial charge in [-0.25, -0.2) is 4.79 Å². The van der Waals surface area contributed by atoms with Crippen molar-refractivity contribution in [3.8, 4) is 0 Å². The number of nitro benzene ring substituents is 1. The smallest absolute Gasteiger partial charge is 0.410 e. The van der Waals surface area contributed by atoms with Crippen LogP contribution in [0.3, 0.4) is 0 Å². The van der Waals surface area contributed by atoms with Crippen molar-refractivity contribution in [1.82, 2.24) is 4.90 Å². The van der Waals surface area contributed by atoms with E-state index in [0.29, 0.717) is 25.1 Å². The van der Waals surface area contributed by atoms with Crippen molar-refractivity contribution in [3.63, 3.8) is 0 Å². The molecule has 1 aromatic carbocycles. The van der Waals surface area contributed by atoms with E-state index in [2.05, 4.69) is 0 Å². The summed E-state index contributed by atoms with van der Waals surface area (Å²) in [5, 5.41) is 11.0. The Bertz CT molecular complexity index is 762. The van der Waals surface area contributed by atoms with Crippen LogP contribution in [0.4, 0.5) is 10.5 Å². The molecule has 0 N–H and O–H groups in total. The maximum absolute atomic E-state index is 12.1. The summed E-state index contributed by atoms with van der Waals surface area (Å²) in [6.45, 7) is 7.82. The molecule has 7 nitrogen and oxygen atoms in total. The highest BCUT2D eigenvalue weighted by Crippen LogP contribution is 2.29. The number of rotatable bonds is 4. The maximum Gasteiger partial charge on any atom is 0.410 e.